The molecule has 7 heteroatoms. The molecule has 0 saturated heterocycles. The average molecular weight is 458 g/mol. The van der Waals surface area contributed by atoms with E-state index in [1.165, 1.54) is 5.56 Å². The second-order valence-corrected chi connectivity index (χ2v) is 10.5. The van der Waals surface area contributed by atoms with Crippen LogP contribution in [-0.2, 0) is 10.8 Å². The summed E-state index contributed by atoms with van der Waals surface area (Å²) in [5, 5.41) is 3.26. The van der Waals surface area contributed by atoms with Gasteiger partial charge in [0, 0.05) is 5.56 Å². The van der Waals surface area contributed by atoms with Gasteiger partial charge in [-0.1, -0.05) is 65.8 Å². The third-order valence-corrected chi connectivity index (χ3v) is 5.62. The number of aromatic amines is 1. The van der Waals surface area contributed by atoms with Crippen LogP contribution in [0.25, 0.3) is 11.0 Å². The zero-order valence-corrected chi connectivity index (χ0v) is 20.5. The standard InChI is InChI=1S/C27H31N5O2/c1-26(2,3)16-11-12-18-21(15-16)32-25(30-18)31-20-14-13-19(23(28)33)29-24(20)34-22-10-8-7-9-17(22)27(4,5)6/h7-15H,1-6H3,(H2,28,33)(H2,30,31,32). The van der Waals surface area contributed by atoms with E-state index in [2.05, 4.69) is 73.9 Å². The Morgan fingerprint density at radius 3 is 2.35 bits per heavy atom. The minimum Gasteiger partial charge on any atom is -0.437 e. The largest absolute Gasteiger partial charge is 0.437 e. The fourth-order valence-corrected chi connectivity index (χ4v) is 3.69. The third kappa shape index (κ3) is 4.88. The number of amides is 1. The van der Waals surface area contributed by atoms with Gasteiger partial charge >= 0.3 is 0 Å². The van der Waals surface area contributed by atoms with Gasteiger partial charge in [0.1, 0.15) is 17.1 Å². The van der Waals surface area contributed by atoms with Crippen LogP contribution in [0.5, 0.6) is 11.6 Å². The zero-order chi connectivity index (χ0) is 24.7. The number of rotatable bonds is 5. The van der Waals surface area contributed by atoms with Gasteiger partial charge in [0.15, 0.2) is 0 Å². The molecule has 0 unspecified atom stereocenters. The number of benzene rings is 2. The van der Waals surface area contributed by atoms with Gasteiger partial charge in [0.2, 0.25) is 11.8 Å². The smallest absolute Gasteiger partial charge is 0.267 e. The molecule has 2 aromatic carbocycles. The number of ether oxygens (including phenoxy) is 1. The monoisotopic (exact) mass is 457 g/mol. The molecule has 2 aromatic heterocycles. The van der Waals surface area contributed by atoms with Crippen LogP contribution in [-0.4, -0.2) is 20.9 Å². The van der Waals surface area contributed by atoms with Crippen LogP contribution in [0, 0.1) is 0 Å². The summed E-state index contributed by atoms with van der Waals surface area (Å²) in [5.74, 6) is 0.818. The van der Waals surface area contributed by atoms with E-state index >= 15 is 0 Å². The molecule has 4 aromatic rings. The number of fused-ring (bicyclic) bond motifs is 1. The van der Waals surface area contributed by atoms with E-state index in [-0.39, 0.29) is 22.4 Å². The van der Waals surface area contributed by atoms with E-state index in [0.717, 1.165) is 16.6 Å². The van der Waals surface area contributed by atoms with E-state index in [0.29, 0.717) is 17.4 Å². The zero-order valence-electron chi connectivity index (χ0n) is 20.5. The summed E-state index contributed by atoms with van der Waals surface area (Å²) in [7, 11) is 0. The summed E-state index contributed by atoms with van der Waals surface area (Å²) >= 11 is 0. The molecular formula is C27H31N5O2. The highest BCUT2D eigenvalue weighted by Crippen LogP contribution is 2.36. The first-order valence-electron chi connectivity index (χ1n) is 11.3. The maximum atomic E-state index is 11.8. The number of aromatic nitrogens is 3. The van der Waals surface area contributed by atoms with Crippen LogP contribution in [0.3, 0.4) is 0 Å². The van der Waals surface area contributed by atoms with Gasteiger partial charge in [-0.05, 0) is 46.7 Å². The van der Waals surface area contributed by atoms with Crippen molar-refractivity contribution in [2.24, 2.45) is 5.73 Å². The first-order valence-corrected chi connectivity index (χ1v) is 11.3. The Kier molecular flexibility index (Phi) is 5.81. The van der Waals surface area contributed by atoms with E-state index in [1.54, 1.807) is 12.1 Å². The summed E-state index contributed by atoms with van der Waals surface area (Å²) in [6.07, 6.45) is 0. The molecule has 4 rings (SSSR count). The molecule has 4 N–H and O–H groups in total. The highest BCUT2D eigenvalue weighted by Gasteiger charge is 2.21. The van der Waals surface area contributed by atoms with Crippen LogP contribution in [0.2, 0.25) is 0 Å². The second-order valence-electron chi connectivity index (χ2n) is 10.5. The minimum absolute atomic E-state index is 0.0306. The molecule has 7 nitrogen and oxygen atoms in total. The maximum absolute atomic E-state index is 11.8. The Morgan fingerprint density at radius 1 is 0.941 bits per heavy atom. The highest BCUT2D eigenvalue weighted by molar-refractivity contribution is 5.91. The van der Waals surface area contributed by atoms with Gasteiger partial charge in [-0.25, -0.2) is 9.97 Å². The van der Waals surface area contributed by atoms with Crippen molar-refractivity contribution in [3.63, 3.8) is 0 Å². The van der Waals surface area contributed by atoms with Crippen LogP contribution >= 0.6 is 0 Å². The Bertz CT molecular complexity index is 1360. The van der Waals surface area contributed by atoms with Crippen LogP contribution < -0.4 is 15.8 Å². The van der Waals surface area contributed by atoms with Crippen molar-refractivity contribution < 1.29 is 9.53 Å². The number of pyridine rings is 1. The maximum Gasteiger partial charge on any atom is 0.267 e. The van der Waals surface area contributed by atoms with Crippen molar-refractivity contribution in [1.82, 2.24) is 15.0 Å². The van der Waals surface area contributed by atoms with Crippen molar-refractivity contribution >= 4 is 28.6 Å². The number of hydrogen-bond acceptors (Lipinski definition) is 5. The number of para-hydroxylation sites is 1. The Balaban J connectivity index is 1.73. The van der Waals surface area contributed by atoms with Crippen LogP contribution in [0.15, 0.2) is 54.6 Å². The SMILES string of the molecule is CC(C)(C)c1ccc2nc(Nc3ccc(C(N)=O)nc3Oc3ccccc3C(C)(C)C)[nH]c2c1. The van der Waals surface area contributed by atoms with Gasteiger partial charge < -0.3 is 20.8 Å². The number of primary amides is 1. The molecule has 0 radical (unpaired) electrons. The van der Waals surface area contributed by atoms with Crippen molar-refractivity contribution in [2.75, 3.05) is 5.32 Å². The average Bonchev–Trinajstić information content (AvgIpc) is 3.15. The molecule has 0 saturated carbocycles. The molecule has 2 heterocycles. The van der Waals surface area contributed by atoms with Crippen LogP contribution in [0.4, 0.5) is 11.6 Å². The van der Waals surface area contributed by atoms with E-state index in [4.69, 9.17) is 10.5 Å². The number of anilines is 2. The molecule has 0 aliphatic heterocycles. The molecule has 34 heavy (non-hydrogen) atoms. The van der Waals surface area contributed by atoms with Crippen molar-refractivity contribution in [3.05, 3.63) is 71.4 Å². The number of carbonyl (C=O) groups is 1. The number of H-pyrrole nitrogens is 1. The molecule has 0 atom stereocenters. The van der Waals surface area contributed by atoms with Crippen molar-refractivity contribution in [2.45, 2.75) is 52.4 Å². The number of carbonyl (C=O) groups excluding carboxylic acids is 1. The molecule has 0 bridgehead atoms. The highest BCUT2D eigenvalue weighted by atomic mass is 16.5. The Hall–Kier alpha value is -3.87. The van der Waals surface area contributed by atoms with E-state index < -0.39 is 5.91 Å². The predicted octanol–water partition coefficient (Wildman–Crippen LogP) is 6.19. The lowest BCUT2D eigenvalue weighted by Gasteiger charge is -2.23. The quantitative estimate of drug-likeness (QED) is 0.331. The molecule has 0 spiro atoms. The fraction of sp³-hybridized carbons (Fsp3) is 0.296. The van der Waals surface area contributed by atoms with Gasteiger partial charge in [-0.3, -0.25) is 4.79 Å². The van der Waals surface area contributed by atoms with Gasteiger partial charge in [-0.2, -0.15) is 0 Å². The van der Waals surface area contributed by atoms with Gasteiger partial charge in [0.25, 0.3) is 5.91 Å². The van der Waals surface area contributed by atoms with Crippen molar-refractivity contribution in [3.8, 4) is 11.6 Å². The summed E-state index contributed by atoms with van der Waals surface area (Å²) in [6, 6.07) is 17.3. The number of nitrogens with one attached hydrogen (secondary N) is 2. The van der Waals surface area contributed by atoms with E-state index in [9.17, 15) is 4.79 Å². The van der Waals surface area contributed by atoms with Crippen molar-refractivity contribution in [1.29, 1.82) is 0 Å². The first-order chi connectivity index (χ1) is 15.9. The molecule has 176 valence electrons. The summed E-state index contributed by atoms with van der Waals surface area (Å²) in [4.78, 5) is 24.2. The fourth-order valence-electron chi connectivity index (χ4n) is 3.69. The number of imidazole rings is 1. The number of hydrogen-bond donors (Lipinski definition) is 3. The number of nitrogens with zero attached hydrogens (tertiary/aromatic N) is 2. The summed E-state index contributed by atoms with van der Waals surface area (Å²) in [6.45, 7) is 12.9. The lowest BCUT2D eigenvalue weighted by Crippen LogP contribution is -2.15. The summed E-state index contributed by atoms with van der Waals surface area (Å²) < 4.78 is 6.25. The summed E-state index contributed by atoms with van der Waals surface area (Å²) in [5.41, 5.74) is 10.1. The lowest BCUT2D eigenvalue weighted by atomic mass is 9.86. The molecule has 1 amide bonds. The minimum atomic E-state index is -0.626. The topological polar surface area (TPSA) is 106 Å². The predicted molar refractivity (Wildman–Crippen MR) is 136 cm³/mol. The molecule has 0 fully saturated rings. The van der Waals surface area contributed by atoms with E-state index in [1.807, 2.05) is 30.3 Å². The van der Waals surface area contributed by atoms with Gasteiger partial charge in [-0.15, -0.1) is 0 Å². The second kappa shape index (κ2) is 8.48. The Morgan fingerprint density at radius 2 is 1.68 bits per heavy atom. The lowest BCUT2D eigenvalue weighted by molar-refractivity contribution is 0.0995. The molecular weight excluding hydrogens is 426 g/mol. The molecule has 0 aliphatic carbocycles. The van der Waals surface area contributed by atoms with Gasteiger partial charge in [0.05, 0.1) is 11.0 Å². The third-order valence-electron chi connectivity index (χ3n) is 5.62. The Labute approximate surface area is 199 Å². The number of nitrogens with two attached hydrogens (primary N) is 1. The first kappa shape index (κ1) is 23.3. The van der Waals surface area contributed by atoms with Crippen LogP contribution in [0.1, 0.15) is 63.2 Å². The molecule has 0 aliphatic rings. The normalized spacial score (nSPS) is 12.1.